The van der Waals surface area contributed by atoms with E-state index in [1.807, 2.05) is 0 Å². The van der Waals surface area contributed by atoms with Gasteiger partial charge in [-0.05, 0) is 12.1 Å². The Hall–Kier alpha value is -2.34. The molecule has 0 radical (unpaired) electrons. The zero-order valence-electron chi connectivity index (χ0n) is 10.3. The van der Waals surface area contributed by atoms with Gasteiger partial charge in [0.25, 0.3) is 0 Å². The first kappa shape index (κ1) is 13.1. The number of nitrogens with zero attached hydrogens (tertiary/aromatic N) is 2. The highest BCUT2D eigenvalue weighted by molar-refractivity contribution is 5.67. The molecular weight excluding hydrogens is 246 g/mol. The number of para-hydroxylation sites is 1. The van der Waals surface area contributed by atoms with Crippen LogP contribution in [0, 0.1) is 0 Å². The maximum atomic E-state index is 9.78. The number of aromatic nitrogens is 2. The molecule has 0 aliphatic heterocycles. The molecular formula is C13H15N3O3. The Morgan fingerprint density at radius 1 is 1.21 bits per heavy atom. The minimum absolute atomic E-state index is 0.0485. The second kappa shape index (κ2) is 6.01. The van der Waals surface area contributed by atoms with Gasteiger partial charge < -0.3 is 20.7 Å². The SMILES string of the molecule is Nc1nc(OCCCO)cc(-c2ccccc2O)n1. The summed E-state index contributed by atoms with van der Waals surface area (Å²) in [5, 5.41) is 18.5. The lowest BCUT2D eigenvalue weighted by Crippen LogP contribution is -2.04. The van der Waals surface area contributed by atoms with Crippen LogP contribution in [0.25, 0.3) is 11.3 Å². The molecule has 0 amide bonds. The van der Waals surface area contributed by atoms with Crippen LogP contribution in [0.3, 0.4) is 0 Å². The van der Waals surface area contributed by atoms with E-state index in [1.165, 1.54) is 0 Å². The molecule has 2 aromatic rings. The Morgan fingerprint density at radius 2 is 2.00 bits per heavy atom. The standard InChI is InChI=1S/C13H15N3O3/c14-13-15-10(9-4-1-2-5-11(9)18)8-12(16-13)19-7-3-6-17/h1-2,4-5,8,17-18H,3,6-7H2,(H2,14,15,16). The van der Waals surface area contributed by atoms with Gasteiger partial charge >= 0.3 is 0 Å². The number of phenols is 1. The number of nitrogens with two attached hydrogens (primary N) is 1. The van der Waals surface area contributed by atoms with Gasteiger partial charge in [-0.25, -0.2) is 4.98 Å². The first-order valence-electron chi connectivity index (χ1n) is 5.87. The number of nitrogen functional groups attached to an aromatic ring is 1. The molecule has 0 aliphatic carbocycles. The van der Waals surface area contributed by atoms with E-state index < -0.39 is 0 Å². The lowest BCUT2D eigenvalue weighted by atomic mass is 10.1. The average Bonchev–Trinajstić information content (AvgIpc) is 2.39. The topological polar surface area (TPSA) is 101 Å². The van der Waals surface area contributed by atoms with Crippen LogP contribution in [0.1, 0.15) is 6.42 Å². The molecule has 0 atom stereocenters. The zero-order valence-corrected chi connectivity index (χ0v) is 10.3. The summed E-state index contributed by atoms with van der Waals surface area (Å²) in [6.45, 7) is 0.389. The van der Waals surface area contributed by atoms with Crippen LogP contribution >= 0.6 is 0 Å². The maximum Gasteiger partial charge on any atom is 0.223 e. The fourth-order valence-corrected chi connectivity index (χ4v) is 1.59. The first-order valence-corrected chi connectivity index (χ1v) is 5.87. The number of hydrogen-bond donors (Lipinski definition) is 3. The van der Waals surface area contributed by atoms with Gasteiger partial charge in [-0.2, -0.15) is 4.98 Å². The quantitative estimate of drug-likeness (QED) is 0.699. The van der Waals surface area contributed by atoms with Crippen LogP contribution in [0.4, 0.5) is 5.95 Å². The molecule has 1 aromatic heterocycles. The Morgan fingerprint density at radius 3 is 2.74 bits per heavy atom. The normalized spacial score (nSPS) is 10.4. The summed E-state index contributed by atoms with van der Waals surface area (Å²) in [5.74, 6) is 0.501. The van der Waals surface area contributed by atoms with E-state index in [0.29, 0.717) is 30.2 Å². The van der Waals surface area contributed by atoms with Gasteiger partial charge in [-0.1, -0.05) is 12.1 Å². The van der Waals surface area contributed by atoms with Crippen LogP contribution in [-0.4, -0.2) is 33.4 Å². The second-order valence-electron chi connectivity index (χ2n) is 3.89. The van der Waals surface area contributed by atoms with Crippen molar-refractivity contribution in [2.75, 3.05) is 18.9 Å². The number of aromatic hydroxyl groups is 1. The third-order valence-corrected chi connectivity index (χ3v) is 2.45. The maximum absolute atomic E-state index is 9.78. The van der Waals surface area contributed by atoms with E-state index >= 15 is 0 Å². The Kier molecular flexibility index (Phi) is 4.15. The van der Waals surface area contributed by atoms with E-state index in [-0.39, 0.29) is 18.3 Å². The van der Waals surface area contributed by atoms with Crippen molar-refractivity contribution in [1.82, 2.24) is 9.97 Å². The molecule has 1 heterocycles. The van der Waals surface area contributed by atoms with Gasteiger partial charge in [0.2, 0.25) is 11.8 Å². The van der Waals surface area contributed by atoms with Crippen LogP contribution in [0.15, 0.2) is 30.3 Å². The van der Waals surface area contributed by atoms with Gasteiger partial charge in [-0.15, -0.1) is 0 Å². The Labute approximate surface area is 110 Å². The van der Waals surface area contributed by atoms with Crippen molar-refractivity contribution in [3.05, 3.63) is 30.3 Å². The monoisotopic (exact) mass is 261 g/mol. The molecule has 4 N–H and O–H groups in total. The highest BCUT2D eigenvalue weighted by Crippen LogP contribution is 2.29. The van der Waals surface area contributed by atoms with Gasteiger partial charge in [0.1, 0.15) is 5.75 Å². The minimum Gasteiger partial charge on any atom is -0.507 e. The summed E-state index contributed by atoms with van der Waals surface area (Å²) < 4.78 is 5.36. The Balaban J connectivity index is 2.29. The molecule has 0 saturated carbocycles. The third-order valence-electron chi connectivity index (χ3n) is 2.45. The highest BCUT2D eigenvalue weighted by atomic mass is 16.5. The molecule has 6 heteroatoms. The van der Waals surface area contributed by atoms with Crippen LogP contribution < -0.4 is 10.5 Å². The molecule has 6 nitrogen and oxygen atoms in total. The van der Waals surface area contributed by atoms with Crippen molar-refractivity contribution in [1.29, 1.82) is 0 Å². The number of aliphatic hydroxyl groups is 1. The van der Waals surface area contributed by atoms with Crippen molar-refractivity contribution >= 4 is 5.95 Å². The molecule has 0 fully saturated rings. The van der Waals surface area contributed by atoms with E-state index in [1.54, 1.807) is 30.3 Å². The minimum atomic E-state index is 0.0485. The van der Waals surface area contributed by atoms with Crippen molar-refractivity contribution < 1.29 is 14.9 Å². The molecule has 0 saturated heterocycles. The summed E-state index contributed by atoms with van der Waals surface area (Å²) in [6, 6.07) is 8.42. The van der Waals surface area contributed by atoms with Crippen LogP contribution in [0.5, 0.6) is 11.6 Å². The van der Waals surface area contributed by atoms with Crippen molar-refractivity contribution in [3.63, 3.8) is 0 Å². The molecule has 0 aliphatic rings. The molecule has 19 heavy (non-hydrogen) atoms. The zero-order chi connectivity index (χ0) is 13.7. The van der Waals surface area contributed by atoms with Crippen molar-refractivity contribution in [2.24, 2.45) is 0 Å². The number of ether oxygens (including phenoxy) is 1. The number of hydrogen-bond acceptors (Lipinski definition) is 6. The first-order chi connectivity index (χ1) is 9.20. The summed E-state index contributed by atoms with van der Waals surface area (Å²) in [7, 11) is 0. The fraction of sp³-hybridized carbons (Fsp3) is 0.231. The lowest BCUT2D eigenvalue weighted by Gasteiger charge is -2.08. The van der Waals surface area contributed by atoms with Crippen molar-refractivity contribution in [2.45, 2.75) is 6.42 Å². The van der Waals surface area contributed by atoms with Gasteiger partial charge in [0.05, 0.1) is 12.3 Å². The Bertz CT molecular complexity index is 561. The van der Waals surface area contributed by atoms with Crippen LogP contribution in [0.2, 0.25) is 0 Å². The molecule has 0 spiro atoms. The predicted molar refractivity (Wildman–Crippen MR) is 70.7 cm³/mol. The number of benzene rings is 1. The third kappa shape index (κ3) is 3.32. The molecule has 2 rings (SSSR count). The fourth-order valence-electron chi connectivity index (χ4n) is 1.59. The van der Waals surface area contributed by atoms with Gasteiger partial charge in [0.15, 0.2) is 0 Å². The van der Waals surface area contributed by atoms with E-state index in [2.05, 4.69) is 9.97 Å². The summed E-state index contributed by atoms with van der Waals surface area (Å²) in [4.78, 5) is 8.01. The average molecular weight is 261 g/mol. The largest absolute Gasteiger partial charge is 0.507 e. The van der Waals surface area contributed by atoms with E-state index in [4.69, 9.17) is 15.6 Å². The smallest absolute Gasteiger partial charge is 0.223 e. The number of phenolic OH excluding ortho intramolecular Hbond substituents is 1. The van der Waals surface area contributed by atoms with Crippen LogP contribution in [-0.2, 0) is 0 Å². The summed E-state index contributed by atoms with van der Waals surface area (Å²) >= 11 is 0. The number of anilines is 1. The molecule has 1 aromatic carbocycles. The van der Waals surface area contributed by atoms with Gasteiger partial charge in [-0.3, -0.25) is 0 Å². The number of aliphatic hydroxyl groups excluding tert-OH is 1. The van der Waals surface area contributed by atoms with Crippen molar-refractivity contribution in [3.8, 4) is 22.9 Å². The lowest BCUT2D eigenvalue weighted by molar-refractivity contribution is 0.229. The summed E-state index contributed by atoms with van der Waals surface area (Å²) in [5.41, 5.74) is 6.67. The number of rotatable bonds is 5. The summed E-state index contributed by atoms with van der Waals surface area (Å²) in [6.07, 6.45) is 0.510. The second-order valence-corrected chi connectivity index (χ2v) is 3.89. The highest BCUT2D eigenvalue weighted by Gasteiger charge is 2.09. The predicted octanol–water partition coefficient (Wildman–Crippen LogP) is 1.19. The molecule has 0 unspecified atom stereocenters. The van der Waals surface area contributed by atoms with E-state index in [9.17, 15) is 5.11 Å². The molecule has 100 valence electrons. The molecule has 0 bridgehead atoms. The van der Waals surface area contributed by atoms with Gasteiger partial charge in [0, 0.05) is 24.7 Å². The van der Waals surface area contributed by atoms with E-state index in [0.717, 1.165) is 0 Å².